The van der Waals surface area contributed by atoms with Gasteiger partial charge in [0.1, 0.15) is 5.82 Å². The lowest BCUT2D eigenvalue weighted by Gasteiger charge is -2.44. The second-order valence-corrected chi connectivity index (χ2v) is 9.96. The van der Waals surface area contributed by atoms with Crippen LogP contribution in [0, 0.1) is 11.7 Å². The molecule has 35 heavy (non-hydrogen) atoms. The number of methoxy groups -OCH3 is 1. The van der Waals surface area contributed by atoms with E-state index in [1.54, 1.807) is 19.2 Å². The number of urea groups is 1. The van der Waals surface area contributed by atoms with Crippen molar-refractivity contribution in [1.82, 2.24) is 9.80 Å². The first kappa shape index (κ1) is 25.6. The SMILES string of the molecule is COCCCC[C@@](O)(c1ccccc1-c1ccccc1F)[C@@H]1CCCN(C(=O)N2CCC(N)C2)C1. The summed E-state index contributed by atoms with van der Waals surface area (Å²) < 4.78 is 20.1. The summed E-state index contributed by atoms with van der Waals surface area (Å²) in [6, 6.07) is 14.3. The Morgan fingerprint density at radius 3 is 2.49 bits per heavy atom. The van der Waals surface area contributed by atoms with Crippen molar-refractivity contribution >= 4 is 6.03 Å². The molecule has 2 aliphatic rings. The van der Waals surface area contributed by atoms with E-state index in [-0.39, 0.29) is 23.8 Å². The first-order valence-corrected chi connectivity index (χ1v) is 12.8. The van der Waals surface area contributed by atoms with E-state index in [0.717, 1.165) is 37.7 Å². The molecule has 2 fully saturated rings. The van der Waals surface area contributed by atoms with E-state index >= 15 is 0 Å². The highest BCUT2D eigenvalue weighted by atomic mass is 19.1. The smallest absolute Gasteiger partial charge is 0.320 e. The number of rotatable bonds is 8. The van der Waals surface area contributed by atoms with Crippen LogP contribution in [-0.2, 0) is 10.3 Å². The average Bonchev–Trinajstić information content (AvgIpc) is 3.32. The Morgan fingerprint density at radius 1 is 1.06 bits per heavy atom. The molecule has 2 heterocycles. The minimum absolute atomic E-state index is 0.00627. The van der Waals surface area contributed by atoms with Crippen molar-refractivity contribution in [3.63, 3.8) is 0 Å². The van der Waals surface area contributed by atoms with Crippen molar-refractivity contribution in [2.45, 2.75) is 50.2 Å². The van der Waals surface area contributed by atoms with Crippen molar-refractivity contribution < 1.29 is 19.0 Å². The van der Waals surface area contributed by atoms with Gasteiger partial charge in [-0.25, -0.2) is 9.18 Å². The van der Waals surface area contributed by atoms with Crippen molar-refractivity contribution in [1.29, 1.82) is 0 Å². The standard InChI is InChI=1S/C28H38FN3O3/c1-35-18-7-6-15-28(34,25-12-4-2-10-23(25)24-11-3-5-13-26(24)29)21-9-8-16-31(19-21)27(33)32-17-14-22(30)20-32/h2-5,10-13,21-22,34H,6-9,14-20,30H2,1H3/t21-,22?,28+/m1/s1. The molecular weight excluding hydrogens is 445 g/mol. The first-order valence-electron chi connectivity index (χ1n) is 12.8. The Morgan fingerprint density at radius 2 is 1.77 bits per heavy atom. The summed E-state index contributed by atoms with van der Waals surface area (Å²) in [5, 5.41) is 12.4. The number of nitrogens with zero attached hydrogens (tertiary/aromatic N) is 2. The van der Waals surface area contributed by atoms with Crippen LogP contribution in [0.15, 0.2) is 48.5 Å². The number of amides is 2. The molecule has 2 amide bonds. The number of carbonyl (C=O) groups is 1. The minimum atomic E-state index is -1.20. The van der Waals surface area contributed by atoms with Crippen molar-refractivity contribution in [2.75, 3.05) is 39.9 Å². The third-order valence-electron chi connectivity index (χ3n) is 7.58. The molecule has 2 aliphatic heterocycles. The molecule has 2 saturated heterocycles. The maximum atomic E-state index is 14.8. The number of hydrogen-bond acceptors (Lipinski definition) is 4. The molecule has 0 aliphatic carbocycles. The van der Waals surface area contributed by atoms with Crippen LogP contribution in [0.25, 0.3) is 11.1 Å². The third-order valence-corrected chi connectivity index (χ3v) is 7.58. The lowest BCUT2D eigenvalue weighted by Crippen LogP contribution is -2.51. The monoisotopic (exact) mass is 483 g/mol. The molecule has 190 valence electrons. The highest BCUT2D eigenvalue weighted by Gasteiger charge is 2.43. The quantitative estimate of drug-likeness (QED) is 0.547. The summed E-state index contributed by atoms with van der Waals surface area (Å²) >= 11 is 0. The van der Waals surface area contributed by atoms with Crippen molar-refractivity contribution in [3.05, 3.63) is 59.9 Å². The summed E-state index contributed by atoms with van der Waals surface area (Å²) in [6.45, 7) is 3.03. The molecule has 6 nitrogen and oxygen atoms in total. The summed E-state index contributed by atoms with van der Waals surface area (Å²) in [7, 11) is 1.68. The van der Waals surface area contributed by atoms with Gasteiger partial charge in [0.25, 0.3) is 0 Å². The number of hydrogen-bond donors (Lipinski definition) is 2. The fraction of sp³-hybridized carbons (Fsp3) is 0.536. The molecule has 1 unspecified atom stereocenters. The van der Waals surface area contributed by atoms with Crippen LogP contribution in [0.2, 0.25) is 0 Å². The van der Waals surface area contributed by atoms with Crippen LogP contribution in [0.5, 0.6) is 0 Å². The van der Waals surface area contributed by atoms with Crippen LogP contribution in [0.3, 0.4) is 0 Å². The lowest BCUT2D eigenvalue weighted by atomic mass is 9.72. The Bertz CT molecular complexity index is 1000. The predicted octanol–water partition coefficient (Wildman–Crippen LogP) is 4.36. The summed E-state index contributed by atoms with van der Waals surface area (Å²) in [6.07, 6.45) is 4.54. The van der Waals surface area contributed by atoms with Gasteiger partial charge in [0.05, 0.1) is 5.60 Å². The summed E-state index contributed by atoms with van der Waals surface area (Å²) in [4.78, 5) is 16.9. The van der Waals surface area contributed by atoms with Crippen LogP contribution < -0.4 is 5.73 Å². The number of aliphatic hydroxyl groups is 1. The molecule has 4 rings (SSSR count). The molecule has 2 aromatic rings. The maximum absolute atomic E-state index is 14.8. The zero-order valence-electron chi connectivity index (χ0n) is 20.7. The first-order chi connectivity index (χ1) is 16.9. The number of halogens is 1. The van der Waals surface area contributed by atoms with E-state index in [2.05, 4.69) is 0 Å². The molecule has 0 aromatic heterocycles. The highest BCUT2D eigenvalue weighted by Crippen LogP contribution is 2.44. The van der Waals surface area contributed by atoms with Gasteiger partial charge in [-0.2, -0.15) is 0 Å². The zero-order valence-corrected chi connectivity index (χ0v) is 20.7. The number of piperidine rings is 1. The van der Waals surface area contributed by atoms with E-state index in [0.29, 0.717) is 50.3 Å². The predicted molar refractivity (Wildman–Crippen MR) is 135 cm³/mol. The van der Waals surface area contributed by atoms with Crippen LogP contribution in [0.1, 0.15) is 44.1 Å². The second-order valence-electron chi connectivity index (χ2n) is 9.96. The summed E-state index contributed by atoms with van der Waals surface area (Å²) in [5.74, 6) is -0.473. The Labute approximate surface area is 207 Å². The van der Waals surface area contributed by atoms with E-state index in [9.17, 15) is 14.3 Å². The van der Waals surface area contributed by atoms with E-state index in [4.69, 9.17) is 10.5 Å². The largest absolute Gasteiger partial charge is 0.385 e. The van der Waals surface area contributed by atoms with Crippen molar-refractivity contribution in [3.8, 4) is 11.1 Å². The second kappa shape index (κ2) is 11.5. The molecule has 0 spiro atoms. The van der Waals surface area contributed by atoms with Gasteiger partial charge in [-0.05, 0) is 55.7 Å². The fourth-order valence-corrected chi connectivity index (χ4v) is 5.68. The Kier molecular flexibility index (Phi) is 8.42. The molecular formula is C28H38FN3O3. The normalized spacial score (nSPS) is 22.3. The Hall–Kier alpha value is -2.48. The number of ether oxygens (including phenoxy) is 1. The van der Waals surface area contributed by atoms with E-state index in [1.165, 1.54) is 6.07 Å². The topological polar surface area (TPSA) is 79.0 Å². The zero-order chi connectivity index (χ0) is 24.8. The number of carbonyl (C=O) groups excluding carboxylic acids is 1. The molecule has 7 heteroatoms. The van der Waals surface area contributed by atoms with Crippen LogP contribution in [-0.4, -0.2) is 66.9 Å². The maximum Gasteiger partial charge on any atom is 0.320 e. The molecule has 3 N–H and O–H groups in total. The number of likely N-dealkylation sites (tertiary alicyclic amines) is 2. The van der Waals surface area contributed by atoms with Crippen molar-refractivity contribution in [2.24, 2.45) is 11.7 Å². The molecule has 0 saturated carbocycles. The summed E-state index contributed by atoms with van der Waals surface area (Å²) in [5.41, 5.74) is 6.74. The van der Waals surface area contributed by atoms with Gasteiger partial charge >= 0.3 is 6.03 Å². The van der Waals surface area contributed by atoms with E-state index < -0.39 is 5.60 Å². The molecule has 3 atom stereocenters. The lowest BCUT2D eigenvalue weighted by molar-refractivity contribution is -0.0571. The minimum Gasteiger partial charge on any atom is -0.385 e. The van der Waals surface area contributed by atoms with Crippen LogP contribution >= 0.6 is 0 Å². The van der Waals surface area contributed by atoms with E-state index in [1.807, 2.05) is 40.1 Å². The van der Waals surface area contributed by atoms with Crippen LogP contribution in [0.4, 0.5) is 9.18 Å². The van der Waals surface area contributed by atoms with Gasteiger partial charge in [-0.3, -0.25) is 0 Å². The van der Waals surface area contributed by atoms with Gasteiger partial charge in [-0.1, -0.05) is 42.5 Å². The molecule has 0 radical (unpaired) electrons. The number of unbranched alkanes of at least 4 members (excludes halogenated alkanes) is 1. The molecule has 0 bridgehead atoms. The Balaban J connectivity index is 1.65. The molecule has 2 aromatic carbocycles. The van der Waals surface area contributed by atoms with Gasteiger partial charge in [0.15, 0.2) is 0 Å². The van der Waals surface area contributed by atoms with Gasteiger partial charge in [0, 0.05) is 57.4 Å². The highest BCUT2D eigenvalue weighted by molar-refractivity contribution is 5.75. The fourth-order valence-electron chi connectivity index (χ4n) is 5.68. The van der Waals surface area contributed by atoms with Gasteiger partial charge in [0.2, 0.25) is 0 Å². The number of benzene rings is 2. The average molecular weight is 484 g/mol. The number of nitrogens with two attached hydrogens (primary N) is 1. The van der Waals surface area contributed by atoms with Gasteiger partial charge in [-0.15, -0.1) is 0 Å². The third kappa shape index (κ3) is 5.68. The van der Waals surface area contributed by atoms with Gasteiger partial charge < -0.3 is 25.4 Å².